The number of rotatable bonds is 9. The van der Waals surface area contributed by atoms with Crippen LogP contribution in [0.15, 0.2) is 63.8 Å². The number of thiazole rings is 1. The summed E-state index contributed by atoms with van der Waals surface area (Å²) < 4.78 is 18.5. The number of aromatic nitrogens is 3. The van der Waals surface area contributed by atoms with E-state index in [4.69, 9.17) is 13.9 Å². The highest BCUT2D eigenvalue weighted by atomic mass is 32.1. The van der Waals surface area contributed by atoms with Gasteiger partial charge >= 0.3 is 0 Å². The van der Waals surface area contributed by atoms with Crippen LogP contribution in [-0.4, -0.2) is 33.2 Å². The fraction of sp³-hybridized carbons (Fsp3) is 0.148. The first-order valence-corrected chi connectivity index (χ1v) is 12.5. The van der Waals surface area contributed by atoms with E-state index < -0.39 is 4.92 Å². The lowest BCUT2D eigenvalue weighted by Gasteiger charge is -2.10. The maximum Gasteiger partial charge on any atom is 0.291 e. The molecule has 0 atom stereocenters. The number of hydrogen-bond acceptors (Lipinski definition) is 9. The number of nitrogens with zero attached hydrogens (tertiary/aromatic N) is 4. The predicted octanol–water partition coefficient (Wildman–Crippen LogP) is 4.83. The molecule has 0 spiro atoms. The van der Waals surface area contributed by atoms with Crippen molar-refractivity contribution in [3.05, 3.63) is 96.7 Å². The van der Waals surface area contributed by atoms with Gasteiger partial charge in [-0.25, -0.2) is 0 Å². The van der Waals surface area contributed by atoms with Crippen LogP contribution in [0.4, 0.5) is 5.69 Å². The summed E-state index contributed by atoms with van der Waals surface area (Å²) in [6.45, 7) is 2.64. The summed E-state index contributed by atoms with van der Waals surface area (Å²) in [5, 5.41) is 15.6. The molecule has 38 heavy (non-hydrogen) atoms. The van der Waals surface area contributed by atoms with E-state index in [2.05, 4.69) is 10.1 Å². The molecule has 0 saturated carbocycles. The lowest BCUT2D eigenvalue weighted by molar-refractivity contribution is -0.384. The molecule has 0 aliphatic carbocycles. The van der Waals surface area contributed by atoms with Gasteiger partial charge in [0.15, 0.2) is 17.3 Å². The van der Waals surface area contributed by atoms with Crippen molar-refractivity contribution in [3.8, 4) is 22.8 Å². The van der Waals surface area contributed by atoms with Crippen LogP contribution < -0.4 is 19.6 Å². The van der Waals surface area contributed by atoms with Crippen molar-refractivity contribution in [2.75, 3.05) is 13.7 Å². The summed E-state index contributed by atoms with van der Waals surface area (Å²) in [7, 11) is 1.59. The smallest absolute Gasteiger partial charge is 0.291 e. The molecule has 11 heteroatoms. The number of benzene rings is 2. The molecule has 0 saturated heterocycles. The van der Waals surface area contributed by atoms with Gasteiger partial charge in [0.25, 0.3) is 11.2 Å². The van der Waals surface area contributed by atoms with Crippen LogP contribution in [0.3, 0.4) is 0 Å². The second kappa shape index (κ2) is 10.7. The average Bonchev–Trinajstić information content (AvgIpc) is 3.63. The summed E-state index contributed by atoms with van der Waals surface area (Å²) in [5.74, 6) is 2.42. The van der Waals surface area contributed by atoms with E-state index in [0.29, 0.717) is 50.5 Å². The predicted molar refractivity (Wildman–Crippen MR) is 144 cm³/mol. The fourth-order valence-electron chi connectivity index (χ4n) is 3.75. The van der Waals surface area contributed by atoms with Crippen LogP contribution >= 0.6 is 11.3 Å². The monoisotopic (exact) mass is 530 g/mol. The standard InChI is InChI=1S/C27H22N4O6S/c1-3-14-36-22-11-8-17(15-23(22)35-2)9-13-25-28-27-30(29-25)26(32)24(38-27)16-18-10-12-21(37-18)19-6-4-5-7-20(19)31(33)34/h4-13,15-16H,3,14H2,1-2H3/b13-9+,24-16-. The zero-order chi connectivity index (χ0) is 26.6. The van der Waals surface area contributed by atoms with Gasteiger partial charge in [-0.05, 0) is 48.4 Å². The molecular formula is C27H22N4O6S. The topological polar surface area (TPSA) is 122 Å². The molecule has 0 bridgehead atoms. The molecule has 3 heterocycles. The minimum absolute atomic E-state index is 0.0588. The number of methoxy groups -OCH3 is 1. The van der Waals surface area contributed by atoms with Crippen LogP contribution in [-0.2, 0) is 0 Å². The fourth-order valence-corrected chi connectivity index (χ4v) is 4.65. The van der Waals surface area contributed by atoms with E-state index in [0.717, 1.165) is 12.0 Å². The number of ether oxygens (including phenoxy) is 2. The lowest BCUT2D eigenvalue weighted by atomic mass is 10.1. The molecule has 2 aromatic carbocycles. The molecule has 0 unspecified atom stereocenters. The number of nitro benzene ring substituents is 1. The van der Waals surface area contributed by atoms with E-state index >= 15 is 0 Å². The van der Waals surface area contributed by atoms with Crippen LogP contribution in [0.5, 0.6) is 11.5 Å². The zero-order valence-corrected chi connectivity index (χ0v) is 21.3. The summed E-state index contributed by atoms with van der Waals surface area (Å²) in [4.78, 5) is 28.6. The van der Waals surface area contributed by atoms with Gasteiger partial charge in [0.2, 0.25) is 4.96 Å². The first-order chi connectivity index (χ1) is 18.5. The Morgan fingerprint density at radius 1 is 1.13 bits per heavy atom. The van der Waals surface area contributed by atoms with Gasteiger partial charge in [-0.1, -0.05) is 42.5 Å². The van der Waals surface area contributed by atoms with Crippen molar-refractivity contribution in [3.63, 3.8) is 0 Å². The van der Waals surface area contributed by atoms with Gasteiger partial charge in [0.1, 0.15) is 16.1 Å². The van der Waals surface area contributed by atoms with Crippen molar-refractivity contribution >= 4 is 40.2 Å². The minimum atomic E-state index is -0.462. The SMILES string of the molecule is CCCOc1ccc(/C=C/c2nc3s/c(=C\c4ccc(-c5ccccc5[N+](=O)[O-])o4)c(=O)n3n2)cc1OC. The first-order valence-electron chi connectivity index (χ1n) is 11.7. The number of hydrogen-bond donors (Lipinski definition) is 0. The Bertz CT molecular complexity index is 1770. The van der Waals surface area contributed by atoms with E-state index in [1.807, 2.05) is 31.2 Å². The molecular weight excluding hydrogens is 508 g/mol. The molecule has 10 nitrogen and oxygen atoms in total. The van der Waals surface area contributed by atoms with Crippen molar-refractivity contribution in [2.45, 2.75) is 13.3 Å². The molecule has 0 amide bonds. The third kappa shape index (κ3) is 5.04. The van der Waals surface area contributed by atoms with Crippen LogP contribution in [0, 0.1) is 10.1 Å². The molecule has 3 aromatic heterocycles. The molecule has 192 valence electrons. The Hall–Kier alpha value is -4.77. The summed E-state index contributed by atoms with van der Waals surface area (Å²) in [6.07, 6.45) is 6.02. The van der Waals surface area contributed by atoms with Gasteiger partial charge < -0.3 is 13.9 Å². The highest BCUT2D eigenvalue weighted by Gasteiger charge is 2.17. The Morgan fingerprint density at radius 3 is 2.74 bits per heavy atom. The molecule has 0 fully saturated rings. The third-order valence-electron chi connectivity index (χ3n) is 5.54. The quantitative estimate of drug-likeness (QED) is 0.196. The highest BCUT2D eigenvalue weighted by molar-refractivity contribution is 7.15. The number of para-hydroxylation sites is 1. The Balaban J connectivity index is 1.38. The van der Waals surface area contributed by atoms with Gasteiger partial charge in [-0.3, -0.25) is 14.9 Å². The first kappa shape index (κ1) is 24.9. The minimum Gasteiger partial charge on any atom is -0.493 e. The van der Waals surface area contributed by atoms with E-state index in [9.17, 15) is 14.9 Å². The van der Waals surface area contributed by atoms with Crippen molar-refractivity contribution in [1.82, 2.24) is 14.6 Å². The zero-order valence-electron chi connectivity index (χ0n) is 20.5. The van der Waals surface area contributed by atoms with E-state index in [1.54, 1.807) is 49.6 Å². The van der Waals surface area contributed by atoms with Gasteiger partial charge in [0, 0.05) is 12.1 Å². The van der Waals surface area contributed by atoms with Crippen molar-refractivity contribution < 1.29 is 18.8 Å². The normalized spacial score (nSPS) is 12.0. The highest BCUT2D eigenvalue weighted by Crippen LogP contribution is 2.31. The van der Waals surface area contributed by atoms with Gasteiger partial charge in [-0.2, -0.15) is 9.50 Å². The van der Waals surface area contributed by atoms with Crippen molar-refractivity contribution in [2.24, 2.45) is 0 Å². The van der Waals surface area contributed by atoms with Crippen LogP contribution in [0.25, 0.3) is 34.5 Å². The number of furan rings is 1. The summed E-state index contributed by atoms with van der Waals surface area (Å²) in [5.41, 5.74) is 0.836. The van der Waals surface area contributed by atoms with Crippen LogP contribution in [0.2, 0.25) is 0 Å². The maximum atomic E-state index is 12.9. The van der Waals surface area contributed by atoms with Gasteiger partial charge in [0.05, 0.1) is 24.2 Å². The van der Waals surface area contributed by atoms with Crippen LogP contribution in [0.1, 0.15) is 30.5 Å². The number of fused-ring (bicyclic) bond motifs is 1. The second-order valence-corrected chi connectivity index (χ2v) is 9.16. The Morgan fingerprint density at radius 2 is 1.97 bits per heavy atom. The molecule has 5 rings (SSSR count). The largest absolute Gasteiger partial charge is 0.493 e. The number of nitro groups is 1. The average molecular weight is 531 g/mol. The maximum absolute atomic E-state index is 12.9. The van der Waals surface area contributed by atoms with E-state index in [1.165, 1.54) is 21.9 Å². The van der Waals surface area contributed by atoms with Gasteiger partial charge in [-0.15, -0.1) is 5.10 Å². The molecule has 0 aliphatic heterocycles. The third-order valence-corrected chi connectivity index (χ3v) is 6.50. The molecule has 0 N–H and O–H groups in total. The van der Waals surface area contributed by atoms with Crippen molar-refractivity contribution in [1.29, 1.82) is 0 Å². The summed E-state index contributed by atoms with van der Waals surface area (Å²) >= 11 is 1.17. The molecule has 0 radical (unpaired) electrons. The second-order valence-electron chi connectivity index (χ2n) is 8.15. The van der Waals surface area contributed by atoms with E-state index in [-0.39, 0.29) is 11.2 Å². The molecule has 0 aliphatic rings. The summed E-state index contributed by atoms with van der Waals surface area (Å²) in [6, 6.07) is 15.2. The lowest BCUT2D eigenvalue weighted by Crippen LogP contribution is -2.23. The Kier molecular flexibility index (Phi) is 7.00. The Labute approximate surface area is 220 Å². The molecule has 5 aromatic rings.